The van der Waals surface area contributed by atoms with Crippen molar-refractivity contribution in [2.24, 2.45) is 0 Å². The maximum Gasteiger partial charge on any atom is 0.320 e. The number of β-amino-alcohol motifs (C(OH)–C–C–N with tert-alkyl or cyclic N) is 1. The fourth-order valence-electron chi connectivity index (χ4n) is 1.79. The first kappa shape index (κ1) is 10.5. The maximum atomic E-state index is 10.9. The predicted molar refractivity (Wildman–Crippen MR) is 48.5 cm³/mol. The van der Waals surface area contributed by atoms with Crippen LogP contribution in [0.25, 0.3) is 0 Å². The molecule has 0 bridgehead atoms. The monoisotopic (exact) mass is 187 g/mol. The van der Waals surface area contributed by atoms with Gasteiger partial charge in [0.2, 0.25) is 0 Å². The molecule has 1 rings (SSSR count). The van der Waals surface area contributed by atoms with Gasteiger partial charge in [-0.3, -0.25) is 9.69 Å². The van der Waals surface area contributed by atoms with Crippen molar-refractivity contribution >= 4 is 5.97 Å². The van der Waals surface area contributed by atoms with Crippen LogP contribution in [-0.4, -0.2) is 46.3 Å². The van der Waals surface area contributed by atoms with Crippen molar-refractivity contribution in [2.75, 3.05) is 13.1 Å². The van der Waals surface area contributed by atoms with E-state index in [2.05, 4.69) is 0 Å². The van der Waals surface area contributed by atoms with Crippen LogP contribution in [0.1, 0.15) is 26.2 Å². The minimum atomic E-state index is -0.768. The summed E-state index contributed by atoms with van der Waals surface area (Å²) in [6.45, 7) is 3.19. The molecule has 0 aliphatic carbocycles. The van der Waals surface area contributed by atoms with Crippen LogP contribution in [0.5, 0.6) is 0 Å². The molecule has 0 amide bonds. The van der Waals surface area contributed by atoms with E-state index in [1.807, 2.05) is 11.8 Å². The SMILES string of the molecule is CCCC(C(=O)O)N1CCC(O)C1. The van der Waals surface area contributed by atoms with E-state index < -0.39 is 12.0 Å². The Labute approximate surface area is 78.2 Å². The number of hydrogen-bond donors (Lipinski definition) is 2. The van der Waals surface area contributed by atoms with Crippen LogP contribution in [0.4, 0.5) is 0 Å². The lowest BCUT2D eigenvalue weighted by Crippen LogP contribution is -2.40. The molecular weight excluding hydrogens is 170 g/mol. The summed E-state index contributed by atoms with van der Waals surface area (Å²) in [5.74, 6) is -0.768. The van der Waals surface area contributed by atoms with Gasteiger partial charge in [0.15, 0.2) is 0 Å². The molecule has 76 valence electrons. The molecule has 2 N–H and O–H groups in total. The maximum absolute atomic E-state index is 10.9. The van der Waals surface area contributed by atoms with Gasteiger partial charge >= 0.3 is 5.97 Å². The van der Waals surface area contributed by atoms with Crippen LogP contribution in [0, 0.1) is 0 Å². The Morgan fingerprint density at radius 1 is 1.69 bits per heavy atom. The molecule has 1 aliphatic rings. The number of likely N-dealkylation sites (tertiary alicyclic amines) is 1. The molecule has 0 spiro atoms. The van der Waals surface area contributed by atoms with Crippen molar-refractivity contribution in [3.63, 3.8) is 0 Å². The van der Waals surface area contributed by atoms with E-state index in [4.69, 9.17) is 5.11 Å². The first-order valence-electron chi connectivity index (χ1n) is 4.80. The van der Waals surface area contributed by atoms with Gasteiger partial charge in [-0.15, -0.1) is 0 Å². The lowest BCUT2D eigenvalue weighted by atomic mass is 10.1. The second-order valence-corrected chi connectivity index (χ2v) is 3.58. The summed E-state index contributed by atoms with van der Waals surface area (Å²) in [5, 5.41) is 18.2. The summed E-state index contributed by atoms with van der Waals surface area (Å²) < 4.78 is 0. The number of aliphatic hydroxyl groups is 1. The van der Waals surface area contributed by atoms with Crippen molar-refractivity contribution in [3.8, 4) is 0 Å². The van der Waals surface area contributed by atoms with Gasteiger partial charge in [-0.05, 0) is 12.8 Å². The average Bonchev–Trinajstić information content (AvgIpc) is 2.46. The quantitative estimate of drug-likeness (QED) is 0.665. The second kappa shape index (κ2) is 4.58. The second-order valence-electron chi connectivity index (χ2n) is 3.58. The number of hydrogen-bond acceptors (Lipinski definition) is 3. The summed E-state index contributed by atoms with van der Waals surface area (Å²) in [6.07, 6.45) is 1.90. The van der Waals surface area contributed by atoms with Crippen molar-refractivity contribution < 1.29 is 15.0 Å². The summed E-state index contributed by atoms with van der Waals surface area (Å²) in [5.41, 5.74) is 0. The van der Waals surface area contributed by atoms with E-state index in [1.54, 1.807) is 0 Å². The minimum absolute atomic E-state index is 0.335. The van der Waals surface area contributed by atoms with E-state index in [-0.39, 0.29) is 6.10 Å². The van der Waals surface area contributed by atoms with Gasteiger partial charge in [0.1, 0.15) is 6.04 Å². The third-order valence-corrected chi connectivity index (χ3v) is 2.48. The highest BCUT2D eigenvalue weighted by Gasteiger charge is 2.30. The highest BCUT2D eigenvalue weighted by Crippen LogP contribution is 2.15. The Morgan fingerprint density at radius 3 is 2.77 bits per heavy atom. The molecule has 1 saturated heterocycles. The summed E-state index contributed by atoms with van der Waals surface area (Å²) in [4.78, 5) is 12.7. The number of rotatable bonds is 4. The molecule has 0 aromatic rings. The highest BCUT2D eigenvalue weighted by molar-refractivity contribution is 5.73. The third kappa shape index (κ3) is 2.67. The molecule has 4 heteroatoms. The topological polar surface area (TPSA) is 60.8 Å². The number of carbonyl (C=O) groups is 1. The van der Waals surface area contributed by atoms with Gasteiger partial charge in [0, 0.05) is 13.1 Å². The Hall–Kier alpha value is -0.610. The van der Waals surface area contributed by atoms with Gasteiger partial charge in [-0.1, -0.05) is 13.3 Å². The van der Waals surface area contributed by atoms with Crippen LogP contribution in [-0.2, 0) is 4.79 Å². The molecule has 0 aromatic carbocycles. The number of aliphatic carboxylic acids is 1. The lowest BCUT2D eigenvalue weighted by molar-refractivity contribution is -0.143. The smallest absolute Gasteiger partial charge is 0.320 e. The molecule has 2 unspecified atom stereocenters. The molecule has 1 aliphatic heterocycles. The molecule has 1 heterocycles. The molecule has 0 radical (unpaired) electrons. The van der Waals surface area contributed by atoms with Crippen LogP contribution in [0.3, 0.4) is 0 Å². The van der Waals surface area contributed by atoms with E-state index in [1.165, 1.54) is 0 Å². The van der Waals surface area contributed by atoms with Gasteiger partial charge in [0.05, 0.1) is 6.10 Å². The van der Waals surface area contributed by atoms with Gasteiger partial charge in [-0.2, -0.15) is 0 Å². The standard InChI is InChI=1S/C9H17NO3/c1-2-3-8(9(12)13)10-5-4-7(11)6-10/h7-8,11H,2-6H2,1H3,(H,12,13). The molecule has 0 saturated carbocycles. The Morgan fingerprint density at radius 2 is 2.38 bits per heavy atom. The van der Waals surface area contributed by atoms with Crippen LogP contribution in [0.2, 0.25) is 0 Å². The molecular formula is C9H17NO3. The van der Waals surface area contributed by atoms with Crippen LogP contribution in [0.15, 0.2) is 0 Å². The highest BCUT2D eigenvalue weighted by atomic mass is 16.4. The minimum Gasteiger partial charge on any atom is -0.480 e. The summed E-state index contributed by atoms with van der Waals surface area (Å²) in [7, 11) is 0. The van der Waals surface area contributed by atoms with E-state index in [0.717, 1.165) is 6.42 Å². The molecule has 2 atom stereocenters. The molecule has 13 heavy (non-hydrogen) atoms. The zero-order valence-electron chi connectivity index (χ0n) is 7.94. The number of carboxylic acid groups (broad SMARTS) is 1. The van der Waals surface area contributed by atoms with E-state index >= 15 is 0 Å². The number of aliphatic hydroxyl groups excluding tert-OH is 1. The van der Waals surface area contributed by atoms with Crippen LogP contribution < -0.4 is 0 Å². The summed E-state index contributed by atoms with van der Waals surface area (Å²) in [6, 6.07) is -0.401. The molecule has 4 nitrogen and oxygen atoms in total. The van der Waals surface area contributed by atoms with E-state index in [9.17, 15) is 9.90 Å². The third-order valence-electron chi connectivity index (χ3n) is 2.48. The normalized spacial score (nSPS) is 26.2. The zero-order chi connectivity index (χ0) is 9.84. The van der Waals surface area contributed by atoms with Crippen molar-refractivity contribution in [1.29, 1.82) is 0 Å². The predicted octanol–water partition coefficient (Wildman–Crippen LogP) is 0.306. The summed E-state index contributed by atoms with van der Waals surface area (Å²) >= 11 is 0. The van der Waals surface area contributed by atoms with Crippen molar-refractivity contribution in [1.82, 2.24) is 4.90 Å². The number of carboxylic acids is 1. The average molecular weight is 187 g/mol. The Balaban J connectivity index is 2.49. The van der Waals surface area contributed by atoms with Crippen molar-refractivity contribution in [2.45, 2.75) is 38.3 Å². The fraction of sp³-hybridized carbons (Fsp3) is 0.889. The molecule has 0 aromatic heterocycles. The first-order chi connectivity index (χ1) is 6.15. The first-order valence-corrected chi connectivity index (χ1v) is 4.80. The van der Waals surface area contributed by atoms with Crippen molar-refractivity contribution in [3.05, 3.63) is 0 Å². The zero-order valence-corrected chi connectivity index (χ0v) is 7.94. The largest absolute Gasteiger partial charge is 0.480 e. The molecule has 1 fully saturated rings. The fourth-order valence-corrected chi connectivity index (χ4v) is 1.79. The lowest BCUT2D eigenvalue weighted by Gasteiger charge is -2.22. The van der Waals surface area contributed by atoms with Gasteiger partial charge in [-0.25, -0.2) is 0 Å². The van der Waals surface area contributed by atoms with E-state index in [0.29, 0.717) is 25.9 Å². The Kier molecular flexibility index (Phi) is 3.69. The van der Waals surface area contributed by atoms with Gasteiger partial charge < -0.3 is 10.2 Å². The number of nitrogens with zero attached hydrogens (tertiary/aromatic N) is 1. The van der Waals surface area contributed by atoms with Crippen LogP contribution >= 0.6 is 0 Å². The van der Waals surface area contributed by atoms with Gasteiger partial charge in [0.25, 0.3) is 0 Å². The Bertz CT molecular complexity index is 184.